The first-order valence-corrected chi connectivity index (χ1v) is 5.13. The van der Waals surface area contributed by atoms with Gasteiger partial charge in [-0.1, -0.05) is 12.8 Å². The van der Waals surface area contributed by atoms with Crippen LogP contribution in [0.2, 0.25) is 0 Å². The standard InChI is InChI=1S/C11H17NO/c1-12(2)10-7-11(13)9-6-4-3-5-8(9)10/h7-9H,3-6H2,1-2H3. The van der Waals surface area contributed by atoms with Crippen molar-refractivity contribution in [3.63, 3.8) is 0 Å². The molecular formula is C11H17NO. The van der Waals surface area contributed by atoms with Gasteiger partial charge in [-0.05, 0) is 12.8 Å². The third kappa shape index (κ3) is 1.38. The minimum Gasteiger partial charge on any atom is -0.381 e. The molecule has 2 nitrogen and oxygen atoms in total. The number of ketones is 1. The Kier molecular flexibility index (Phi) is 2.14. The van der Waals surface area contributed by atoms with Gasteiger partial charge in [0, 0.05) is 37.7 Å². The molecule has 0 radical (unpaired) electrons. The van der Waals surface area contributed by atoms with Gasteiger partial charge in [0.2, 0.25) is 0 Å². The number of allylic oxidation sites excluding steroid dienone is 2. The van der Waals surface area contributed by atoms with E-state index in [-0.39, 0.29) is 0 Å². The summed E-state index contributed by atoms with van der Waals surface area (Å²) in [5, 5.41) is 0. The maximum atomic E-state index is 11.6. The minimum atomic E-state index is 0.325. The number of fused-ring (bicyclic) bond motifs is 1. The number of hydrogen-bond donors (Lipinski definition) is 0. The fourth-order valence-corrected chi connectivity index (χ4v) is 2.65. The zero-order valence-electron chi connectivity index (χ0n) is 8.42. The monoisotopic (exact) mass is 179 g/mol. The number of rotatable bonds is 1. The minimum absolute atomic E-state index is 0.325. The molecule has 0 saturated heterocycles. The molecule has 2 unspecified atom stereocenters. The van der Waals surface area contributed by atoms with Crippen LogP contribution in [0.1, 0.15) is 25.7 Å². The Morgan fingerprint density at radius 1 is 1.23 bits per heavy atom. The zero-order valence-corrected chi connectivity index (χ0v) is 8.42. The number of hydrogen-bond acceptors (Lipinski definition) is 2. The van der Waals surface area contributed by atoms with Crippen molar-refractivity contribution in [2.75, 3.05) is 14.1 Å². The largest absolute Gasteiger partial charge is 0.381 e. The molecule has 0 spiro atoms. The lowest BCUT2D eigenvalue weighted by Gasteiger charge is -2.29. The van der Waals surface area contributed by atoms with Crippen LogP contribution in [0.25, 0.3) is 0 Å². The van der Waals surface area contributed by atoms with Crippen molar-refractivity contribution in [3.05, 3.63) is 11.8 Å². The van der Waals surface area contributed by atoms with Crippen LogP contribution in [0.3, 0.4) is 0 Å². The average molecular weight is 179 g/mol. The van der Waals surface area contributed by atoms with Crippen molar-refractivity contribution in [1.29, 1.82) is 0 Å². The highest BCUT2D eigenvalue weighted by atomic mass is 16.1. The molecule has 72 valence electrons. The van der Waals surface area contributed by atoms with E-state index in [0.717, 1.165) is 6.42 Å². The third-order valence-corrected chi connectivity index (χ3v) is 3.32. The van der Waals surface area contributed by atoms with Gasteiger partial charge in [0.15, 0.2) is 5.78 Å². The molecule has 0 aromatic heterocycles. The predicted molar refractivity (Wildman–Crippen MR) is 52.2 cm³/mol. The summed E-state index contributed by atoms with van der Waals surface area (Å²) >= 11 is 0. The summed E-state index contributed by atoms with van der Waals surface area (Å²) in [6, 6.07) is 0. The van der Waals surface area contributed by atoms with E-state index < -0.39 is 0 Å². The highest BCUT2D eigenvalue weighted by molar-refractivity contribution is 5.95. The molecule has 2 heteroatoms. The van der Waals surface area contributed by atoms with Gasteiger partial charge >= 0.3 is 0 Å². The van der Waals surface area contributed by atoms with Crippen molar-refractivity contribution in [3.8, 4) is 0 Å². The average Bonchev–Trinajstić information content (AvgIpc) is 2.45. The lowest BCUT2D eigenvalue weighted by Crippen LogP contribution is -2.25. The molecule has 0 amide bonds. The maximum Gasteiger partial charge on any atom is 0.161 e. The molecule has 13 heavy (non-hydrogen) atoms. The SMILES string of the molecule is CN(C)C1=CC(=O)C2CCCCC12. The van der Waals surface area contributed by atoms with Crippen molar-refractivity contribution >= 4 is 5.78 Å². The van der Waals surface area contributed by atoms with Crippen LogP contribution in [-0.2, 0) is 4.79 Å². The van der Waals surface area contributed by atoms with Gasteiger partial charge in [0.1, 0.15) is 0 Å². The van der Waals surface area contributed by atoms with Crippen LogP contribution in [0, 0.1) is 11.8 Å². The van der Waals surface area contributed by atoms with Gasteiger partial charge in [-0.2, -0.15) is 0 Å². The van der Waals surface area contributed by atoms with Crippen molar-refractivity contribution < 1.29 is 4.79 Å². The third-order valence-electron chi connectivity index (χ3n) is 3.32. The summed E-state index contributed by atoms with van der Waals surface area (Å²) in [5.41, 5.74) is 1.26. The van der Waals surface area contributed by atoms with Crippen molar-refractivity contribution in [2.45, 2.75) is 25.7 Å². The van der Waals surface area contributed by atoms with Crippen LogP contribution in [-0.4, -0.2) is 24.8 Å². The Hall–Kier alpha value is -0.790. The van der Waals surface area contributed by atoms with E-state index in [9.17, 15) is 4.79 Å². The fourth-order valence-electron chi connectivity index (χ4n) is 2.65. The zero-order chi connectivity index (χ0) is 9.42. The molecular weight excluding hydrogens is 162 g/mol. The maximum absolute atomic E-state index is 11.6. The number of nitrogens with zero attached hydrogens (tertiary/aromatic N) is 1. The molecule has 2 aliphatic carbocycles. The Morgan fingerprint density at radius 3 is 2.46 bits per heavy atom. The van der Waals surface area contributed by atoms with E-state index in [2.05, 4.69) is 4.90 Å². The Labute approximate surface area is 79.6 Å². The van der Waals surface area contributed by atoms with E-state index >= 15 is 0 Å². The normalized spacial score (nSPS) is 32.8. The van der Waals surface area contributed by atoms with Crippen LogP contribution < -0.4 is 0 Å². The van der Waals surface area contributed by atoms with Gasteiger partial charge in [0.25, 0.3) is 0 Å². The van der Waals surface area contributed by atoms with Crippen LogP contribution >= 0.6 is 0 Å². The van der Waals surface area contributed by atoms with E-state index in [1.807, 2.05) is 20.2 Å². The fraction of sp³-hybridized carbons (Fsp3) is 0.727. The van der Waals surface area contributed by atoms with Gasteiger partial charge in [-0.15, -0.1) is 0 Å². The smallest absolute Gasteiger partial charge is 0.161 e. The van der Waals surface area contributed by atoms with Crippen molar-refractivity contribution in [1.82, 2.24) is 4.90 Å². The molecule has 0 aliphatic heterocycles. The second-order valence-corrected chi connectivity index (χ2v) is 4.36. The highest BCUT2D eigenvalue weighted by Crippen LogP contribution is 2.40. The summed E-state index contributed by atoms with van der Waals surface area (Å²) < 4.78 is 0. The van der Waals surface area contributed by atoms with E-state index in [1.165, 1.54) is 25.0 Å². The first kappa shape index (κ1) is 8.79. The molecule has 2 aliphatic rings. The Morgan fingerprint density at radius 2 is 1.85 bits per heavy atom. The van der Waals surface area contributed by atoms with Crippen LogP contribution in [0.15, 0.2) is 11.8 Å². The molecule has 2 atom stereocenters. The van der Waals surface area contributed by atoms with Crippen LogP contribution in [0.4, 0.5) is 0 Å². The topological polar surface area (TPSA) is 20.3 Å². The quantitative estimate of drug-likeness (QED) is 0.612. The molecule has 0 aromatic rings. The lowest BCUT2D eigenvalue weighted by molar-refractivity contribution is -0.119. The van der Waals surface area contributed by atoms with Crippen molar-refractivity contribution in [2.24, 2.45) is 11.8 Å². The first-order valence-electron chi connectivity index (χ1n) is 5.13. The Balaban J connectivity index is 2.21. The summed E-state index contributed by atoms with van der Waals surface area (Å²) in [6.45, 7) is 0. The second-order valence-electron chi connectivity index (χ2n) is 4.36. The van der Waals surface area contributed by atoms with Gasteiger partial charge in [-0.3, -0.25) is 4.79 Å². The summed E-state index contributed by atoms with van der Waals surface area (Å²) in [5.74, 6) is 1.23. The molecule has 2 rings (SSSR count). The summed E-state index contributed by atoms with van der Waals surface area (Å²) in [7, 11) is 4.08. The highest BCUT2D eigenvalue weighted by Gasteiger charge is 2.38. The van der Waals surface area contributed by atoms with E-state index in [1.54, 1.807) is 0 Å². The van der Waals surface area contributed by atoms with Crippen LogP contribution in [0.5, 0.6) is 0 Å². The summed E-state index contributed by atoms with van der Waals surface area (Å²) in [6.07, 6.45) is 6.71. The van der Waals surface area contributed by atoms with E-state index in [4.69, 9.17) is 0 Å². The Bertz CT molecular complexity index is 255. The van der Waals surface area contributed by atoms with E-state index in [0.29, 0.717) is 17.6 Å². The molecule has 0 N–H and O–H groups in total. The molecule has 0 heterocycles. The lowest BCUT2D eigenvalue weighted by atomic mass is 9.80. The predicted octanol–water partition coefficient (Wildman–Crippen LogP) is 1.82. The molecule has 0 bridgehead atoms. The molecule has 0 aromatic carbocycles. The number of carbonyl (C=O) groups excluding carboxylic acids is 1. The molecule has 1 saturated carbocycles. The van der Waals surface area contributed by atoms with Gasteiger partial charge in [0.05, 0.1) is 0 Å². The number of carbonyl (C=O) groups is 1. The molecule has 1 fully saturated rings. The second kappa shape index (κ2) is 3.17. The summed E-state index contributed by atoms with van der Waals surface area (Å²) in [4.78, 5) is 13.7. The van der Waals surface area contributed by atoms with Gasteiger partial charge in [-0.25, -0.2) is 0 Å². The van der Waals surface area contributed by atoms with Gasteiger partial charge < -0.3 is 4.90 Å². The first-order chi connectivity index (χ1) is 6.20.